The molecule has 1 unspecified atom stereocenters. The molecule has 0 radical (unpaired) electrons. The van der Waals surface area contributed by atoms with Gasteiger partial charge in [0.1, 0.15) is 5.58 Å². The summed E-state index contributed by atoms with van der Waals surface area (Å²) >= 11 is 0. The lowest BCUT2D eigenvalue weighted by atomic mass is 9.95. The number of aromatic nitrogens is 1. The van der Waals surface area contributed by atoms with Crippen LogP contribution >= 0.6 is 0 Å². The number of carbonyl (C=O) groups is 2. The fraction of sp³-hybridized carbons (Fsp3) is 0.261. The third-order valence-corrected chi connectivity index (χ3v) is 5.25. The average Bonchev–Trinajstić information content (AvgIpc) is 3.25. The number of benzene rings is 1. The van der Waals surface area contributed by atoms with E-state index >= 15 is 0 Å². The fourth-order valence-electron chi connectivity index (χ4n) is 3.72. The Morgan fingerprint density at radius 3 is 2.63 bits per heavy atom. The maximum atomic E-state index is 13.4. The number of carbonyl (C=O) groups excluding carboxylic acids is 2. The van der Waals surface area contributed by atoms with Gasteiger partial charge in [-0.2, -0.15) is 0 Å². The van der Waals surface area contributed by atoms with Crippen LogP contribution in [0.25, 0.3) is 11.0 Å². The van der Waals surface area contributed by atoms with Gasteiger partial charge >= 0.3 is 0 Å². The van der Waals surface area contributed by atoms with Gasteiger partial charge in [0, 0.05) is 30.9 Å². The summed E-state index contributed by atoms with van der Waals surface area (Å²) in [6.07, 6.45) is 3.21. The van der Waals surface area contributed by atoms with E-state index in [1.54, 1.807) is 36.7 Å². The molecule has 1 amide bonds. The molecule has 0 saturated heterocycles. The lowest BCUT2D eigenvalue weighted by Gasteiger charge is -2.27. The predicted molar refractivity (Wildman–Crippen MR) is 112 cm³/mol. The number of pyridine rings is 1. The largest absolute Gasteiger partial charge is 0.503 e. The van der Waals surface area contributed by atoms with E-state index in [2.05, 4.69) is 4.98 Å². The van der Waals surface area contributed by atoms with Crippen LogP contribution in [0.5, 0.6) is 0 Å². The van der Waals surface area contributed by atoms with Gasteiger partial charge in [0.25, 0.3) is 5.91 Å². The van der Waals surface area contributed by atoms with Crippen molar-refractivity contribution in [1.29, 1.82) is 0 Å². The lowest BCUT2D eigenvalue weighted by Crippen LogP contribution is -2.36. The number of Topliss-reactive ketones (excluding diaryl/α,β-unsaturated/α-hetero) is 1. The summed E-state index contributed by atoms with van der Waals surface area (Å²) in [6, 6.07) is 10.1. The normalized spacial score (nSPS) is 16.9. The van der Waals surface area contributed by atoms with Crippen molar-refractivity contribution in [1.82, 2.24) is 14.8 Å². The van der Waals surface area contributed by atoms with Crippen molar-refractivity contribution in [2.45, 2.75) is 13.0 Å². The minimum Gasteiger partial charge on any atom is -0.503 e. The van der Waals surface area contributed by atoms with E-state index < -0.39 is 23.5 Å². The first kappa shape index (κ1) is 19.8. The highest BCUT2D eigenvalue weighted by molar-refractivity contribution is 6.16. The van der Waals surface area contributed by atoms with Gasteiger partial charge < -0.3 is 19.3 Å². The van der Waals surface area contributed by atoms with Crippen molar-refractivity contribution in [3.8, 4) is 0 Å². The topological polar surface area (TPSA) is 86.9 Å². The molecule has 1 aliphatic heterocycles. The van der Waals surface area contributed by atoms with Crippen molar-refractivity contribution in [2.24, 2.45) is 0 Å². The number of aliphatic hydroxyl groups excluding tert-OH is 1. The molecule has 1 atom stereocenters. The molecule has 0 spiro atoms. The highest BCUT2D eigenvalue weighted by atomic mass is 16.3. The maximum absolute atomic E-state index is 13.4. The summed E-state index contributed by atoms with van der Waals surface area (Å²) in [5.74, 6) is -1.49. The molecule has 0 fully saturated rings. The first-order valence-electron chi connectivity index (χ1n) is 9.70. The molecule has 7 heteroatoms. The SMILES string of the molecule is Cc1ccc2oc(C(=O)C3=C(O)C(=O)N(CCN(C)C)C3c3ccncc3)cc2c1. The van der Waals surface area contributed by atoms with Gasteiger partial charge in [-0.05, 0) is 56.9 Å². The zero-order valence-electron chi connectivity index (χ0n) is 17.1. The molecule has 0 bridgehead atoms. The van der Waals surface area contributed by atoms with Crippen molar-refractivity contribution in [3.05, 3.63) is 77.0 Å². The van der Waals surface area contributed by atoms with E-state index in [0.717, 1.165) is 10.9 Å². The van der Waals surface area contributed by atoms with Gasteiger partial charge in [-0.1, -0.05) is 11.6 Å². The Kier molecular flexibility index (Phi) is 5.13. The second-order valence-electron chi connectivity index (χ2n) is 7.73. The number of furan rings is 1. The molecule has 3 aromatic rings. The Morgan fingerprint density at radius 2 is 1.93 bits per heavy atom. The van der Waals surface area contributed by atoms with E-state index in [0.29, 0.717) is 24.2 Å². The van der Waals surface area contributed by atoms with Crippen LogP contribution < -0.4 is 0 Å². The zero-order chi connectivity index (χ0) is 21.4. The van der Waals surface area contributed by atoms with Crippen molar-refractivity contribution in [2.75, 3.05) is 27.2 Å². The van der Waals surface area contributed by atoms with Crippen LogP contribution in [0.2, 0.25) is 0 Å². The minimum atomic E-state index is -0.706. The summed E-state index contributed by atoms with van der Waals surface area (Å²) < 4.78 is 5.75. The van der Waals surface area contributed by atoms with Crippen LogP contribution in [0.1, 0.15) is 27.7 Å². The van der Waals surface area contributed by atoms with E-state index in [1.165, 1.54) is 4.90 Å². The maximum Gasteiger partial charge on any atom is 0.290 e. The zero-order valence-corrected chi connectivity index (χ0v) is 17.1. The molecule has 2 aromatic heterocycles. The molecule has 30 heavy (non-hydrogen) atoms. The van der Waals surface area contributed by atoms with Crippen LogP contribution in [0, 0.1) is 6.92 Å². The van der Waals surface area contributed by atoms with E-state index in [1.807, 2.05) is 38.1 Å². The molecule has 0 aliphatic carbocycles. The van der Waals surface area contributed by atoms with Crippen molar-refractivity contribution in [3.63, 3.8) is 0 Å². The molecule has 1 aromatic carbocycles. The number of fused-ring (bicyclic) bond motifs is 1. The molecule has 3 heterocycles. The van der Waals surface area contributed by atoms with Crippen LogP contribution in [-0.4, -0.2) is 58.8 Å². The van der Waals surface area contributed by atoms with Gasteiger partial charge in [-0.25, -0.2) is 0 Å². The first-order chi connectivity index (χ1) is 14.4. The molecule has 7 nitrogen and oxygen atoms in total. The van der Waals surface area contributed by atoms with Gasteiger partial charge in [0.05, 0.1) is 11.6 Å². The predicted octanol–water partition coefficient (Wildman–Crippen LogP) is 3.28. The number of hydrogen-bond donors (Lipinski definition) is 1. The lowest BCUT2D eigenvalue weighted by molar-refractivity contribution is -0.129. The summed E-state index contributed by atoms with van der Waals surface area (Å²) in [6.45, 7) is 2.91. The summed E-state index contributed by atoms with van der Waals surface area (Å²) in [5.41, 5.74) is 2.36. The number of amides is 1. The molecule has 1 N–H and O–H groups in total. The molecule has 1 aliphatic rings. The number of aryl methyl sites for hydroxylation is 1. The van der Waals surface area contributed by atoms with Crippen molar-refractivity contribution >= 4 is 22.7 Å². The molecular formula is C23H23N3O4. The highest BCUT2D eigenvalue weighted by Gasteiger charge is 2.44. The minimum absolute atomic E-state index is 0.0285. The standard InChI is InChI=1S/C23H23N3O4/c1-14-4-5-17-16(12-14)13-18(30-17)21(27)19-20(15-6-8-24-9-7-15)26(11-10-25(2)3)23(29)22(19)28/h4-9,12-13,20,28H,10-11H2,1-3H3. The molecule has 154 valence electrons. The van der Waals surface area contributed by atoms with Gasteiger partial charge in [-0.3, -0.25) is 14.6 Å². The number of rotatable bonds is 6. The Bertz CT molecular complexity index is 1150. The number of likely N-dealkylation sites (N-methyl/N-ethyl adjacent to an activating group) is 1. The van der Waals surface area contributed by atoms with Crippen LogP contribution in [0.4, 0.5) is 0 Å². The monoisotopic (exact) mass is 405 g/mol. The summed E-state index contributed by atoms with van der Waals surface area (Å²) in [4.78, 5) is 33.8. The highest BCUT2D eigenvalue weighted by Crippen LogP contribution is 2.39. The van der Waals surface area contributed by atoms with E-state index in [9.17, 15) is 14.7 Å². The van der Waals surface area contributed by atoms with Gasteiger partial charge in [0.15, 0.2) is 11.5 Å². The van der Waals surface area contributed by atoms with Gasteiger partial charge in [0.2, 0.25) is 5.78 Å². The first-order valence-corrected chi connectivity index (χ1v) is 9.70. The molecule has 0 saturated carbocycles. The van der Waals surface area contributed by atoms with Crippen LogP contribution in [0.15, 0.2) is 64.5 Å². The number of aliphatic hydroxyl groups is 1. The number of nitrogens with zero attached hydrogens (tertiary/aromatic N) is 3. The molecular weight excluding hydrogens is 382 g/mol. The van der Waals surface area contributed by atoms with Crippen LogP contribution in [-0.2, 0) is 4.79 Å². The fourth-order valence-corrected chi connectivity index (χ4v) is 3.72. The Morgan fingerprint density at radius 1 is 1.20 bits per heavy atom. The summed E-state index contributed by atoms with van der Waals surface area (Å²) in [7, 11) is 3.80. The van der Waals surface area contributed by atoms with E-state index in [-0.39, 0.29) is 11.3 Å². The Balaban J connectivity index is 1.78. The number of hydrogen-bond acceptors (Lipinski definition) is 6. The Labute approximate surface area is 174 Å². The third kappa shape index (κ3) is 3.48. The second-order valence-corrected chi connectivity index (χ2v) is 7.73. The average molecular weight is 405 g/mol. The summed E-state index contributed by atoms with van der Waals surface area (Å²) in [5, 5.41) is 11.5. The van der Waals surface area contributed by atoms with Gasteiger partial charge in [-0.15, -0.1) is 0 Å². The third-order valence-electron chi connectivity index (χ3n) is 5.25. The second kappa shape index (κ2) is 7.76. The smallest absolute Gasteiger partial charge is 0.290 e. The van der Waals surface area contributed by atoms with Crippen molar-refractivity contribution < 1.29 is 19.1 Å². The quantitative estimate of drug-likeness (QED) is 0.634. The molecule has 4 rings (SSSR count). The Hall–Kier alpha value is -3.45. The van der Waals surface area contributed by atoms with E-state index in [4.69, 9.17) is 4.42 Å². The number of ketones is 1. The van der Waals surface area contributed by atoms with Crippen LogP contribution in [0.3, 0.4) is 0 Å².